The molecule has 0 atom stereocenters. The molecule has 0 aliphatic heterocycles. The SMILES string of the molecule is CC(C)n1n[n+](-c2ccccc2)[c-]c1-c1ccccc1. The van der Waals surface area contributed by atoms with Gasteiger partial charge in [0.1, 0.15) is 6.04 Å². The standard InChI is InChI=1S/C17H17N3/c1-14(2)20-17(15-9-5-3-6-10-15)13-19(18-20)16-11-7-4-8-12-16/h3-12,14H,1-2H3. The van der Waals surface area contributed by atoms with Gasteiger partial charge in [0.05, 0.1) is 22.8 Å². The smallest absolute Gasteiger partial charge is 0.116 e. The van der Waals surface area contributed by atoms with E-state index in [1.54, 1.807) is 0 Å². The van der Waals surface area contributed by atoms with E-state index in [0.717, 1.165) is 16.9 Å². The highest BCUT2D eigenvalue weighted by atomic mass is 15.5. The van der Waals surface area contributed by atoms with Crippen molar-refractivity contribution in [3.8, 4) is 16.9 Å². The normalized spacial score (nSPS) is 10.9. The lowest BCUT2D eigenvalue weighted by atomic mass is 10.1. The van der Waals surface area contributed by atoms with Crippen molar-refractivity contribution in [3.05, 3.63) is 66.9 Å². The Balaban J connectivity index is 2.13. The van der Waals surface area contributed by atoms with E-state index in [1.165, 1.54) is 0 Å². The highest BCUT2D eigenvalue weighted by Crippen LogP contribution is 2.19. The average Bonchev–Trinajstić information content (AvgIpc) is 2.94. The number of benzene rings is 2. The maximum atomic E-state index is 4.63. The Kier molecular flexibility index (Phi) is 3.33. The molecular weight excluding hydrogens is 246 g/mol. The summed E-state index contributed by atoms with van der Waals surface area (Å²) in [5, 5.41) is 4.63. The number of hydrogen-bond acceptors (Lipinski definition) is 1. The van der Waals surface area contributed by atoms with Crippen molar-refractivity contribution in [1.82, 2.24) is 9.90 Å². The Hall–Kier alpha value is -2.42. The molecule has 0 amide bonds. The van der Waals surface area contributed by atoms with Crippen LogP contribution in [0.15, 0.2) is 60.7 Å². The fourth-order valence-corrected chi connectivity index (χ4v) is 2.15. The third-order valence-corrected chi connectivity index (χ3v) is 3.16. The van der Waals surface area contributed by atoms with Crippen LogP contribution in [0.4, 0.5) is 0 Å². The molecule has 0 unspecified atom stereocenters. The Bertz CT molecular complexity index is 685. The second-order valence-corrected chi connectivity index (χ2v) is 5.00. The van der Waals surface area contributed by atoms with Crippen LogP contribution in [0.5, 0.6) is 0 Å². The summed E-state index contributed by atoms with van der Waals surface area (Å²) >= 11 is 0. The highest BCUT2D eigenvalue weighted by molar-refractivity contribution is 5.57. The summed E-state index contributed by atoms with van der Waals surface area (Å²) in [6.45, 7) is 4.26. The monoisotopic (exact) mass is 263 g/mol. The average molecular weight is 263 g/mol. The zero-order chi connectivity index (χ0) is 13.9. The van der Waals surface area contributed by atoms with Crippen LogP contribution in [0.25, 0.3) is 16.9 Å². The largest absolute Gasteiger partial charge is 0.207 e. The van der Waals surface area contributed by atoms with E-state index in [-0.39, 0.29) is 6.04 Å². The maximum Gasteiger partial charge on any atom is 0.116 e. The molecular formula is C17H17N3. The first-order valence-electron chi connectivity index (χ1n) is 6.81. The summed E-state index contributed by atoms with van der Waals surface area (Å²) in [5.41, 5.74) is 3.15. The van der Waals surface area contributed by atoms with Crippen LogP contribution >= 0.6 is 0 Å². The minimum Gasteiger partial charge on any atom is -0.207 e. The van der Waals surface area contributed by atoms with E-state index in [9.17, 15) is 0 Å². The predicted molar refractivity (Wildman–Crippen MR) is 78.4 cm³/mol. The van der Waals surface area contributed by atoms with Crippen molar-refractivity contribution >= 4 is 0 Å². The van der Waals surface area contributed by atoms with Crippen molar-refractivity contribution in [2.24, 2.45) is 0 Å². The quantitative estimate of drug-likeness (QED) is 0.525. The molecule has 0 spiro atoms. The Morgan fingerprint density at radius 2 is 1.55 bits per heavy atom. The van der Waals surface area contributed by atoms with Gasteiger partial charge in [0.2, 0.25) is 0 Å². The van der Waals surface area contributed by atoms with Crippen LogP contribution in [0, 0.1) is 6.20 Å². The Morgan fingerprint density at radius 1 is 0.950 bits per heavy atom. The second kappa shape index (κ2) is 5.29. The van der Waals surface area contributed by atoms with Gasteiger partial charge in [-0.05, 0) is 13.8 Å². The van der Waals surface area contributed by atoms with E-state index in [4.69, 9.17) is 0 Å². The van der Waals surface area contributed by atoms with Crippen molar-refractivity contribution in [2.45, 2.75) is 19.9 Å². The van der Waals surface area contributed by atoms with Gasteiger partial charge in [-0.1, -0.05) is 54.1 Å². The fourth-order valence-electron chi connectivity index (χ4n) is 2.15. The molecule has 3 rings (SSSR count). The van der Waals surface area contributed by atoms with Gasteiger partial charge in [-0.15, -0.1) is 12.1 Å². The van der Waals surface area contributed by atoms with Crippen molar-refractivity contribution in [1.29, 1.82) is 0 Å². The fraction of sp³-hybridized carbons (Fsp3) is 0.176. The predicted octanol–water partition coefficient (Wildman–Crippen LogP) is 3.21. The van der Waals surface area contributed by atoms with Crippen LogP contribution in [0.1, 0.15) is 19.9 Å². The highest BCUT2D eigenvalue weighted by Gasteiger charge is 2.14. The number of rotatable bonds is 3. The second-order valence-electron chi connectivity index (χ2n) is 5.00. The molecule has 3 aromatic rings. The molecule has 100 valence electrons. The van der Waals surface area contributed by atoms with E-state index in [2.05, 4.69) is 37.4 Å². The van der Waals surface area contributed by atoms with E-state index >= 15 is 0 Å². The molecule has 0 N–H and O–H groups in total. The Morgan fingerprint density at radius 3 is 2.15 bits per heavy atom. The molecule has 1 aromatic heterocycles. The molecule has 2 aromatic carbocycles. The van der Waals surface area contributed by atoms with Gasteiger partial charge in [-0.2, -0.15) is 4.68 Å². The maximum absolute atomic E-state index is 4.63. The van der Waals surface area contributed by atoms with E-state index in [1.807, 2.05) is 57.9 Å². The van der Waals surface area contributed by atoms with Crippen molar-refractivity contribution in [2.75, 3.05) is 0 Å². The van der Waals surface area contributed by atoms with Crippen molar-refractivity contribution in [3.63, 3.8) is 0 Å². The number of para-hydroxylation sites is 1. The van der Waals surface area contributed by atoms with Gasteiger partial charge in [-0.25, -0.2) is 4.68 Å². The van der Waals surface area contributed by atoms with Crippen LogP contribution in [-0.2, 0) is 0 Å². The van der Waals surface area contributed by atoms with Gasteiger partial charge in [0, 0.05) is 0 Å². The third kappa shape index (κ3) is 2.35. The first-order chi connectivity index (χ1) is 9.75. The first kappa shape index (κ1) is 12.6. The van der Waals surface area contributed by atoms with E-state index < -0.39 is 0 Å². The number of hydrogen-bond donors (Lipinski definition) is 0. The molecule has 0 bridgehead atoms. The van der Waals surface area contributed by atoms with Gasteiger partial charge in [-0.3, -0.25) is 0 Å². The van der Waals surface area contributed by atoms with Gasteiger partial charge >= 0.3 is 0 Å². The minimum absolute atomic E-state index is 0.284. The molecule has 20 heavy (non-hydrogen) atoms. The topological polar surface area (TPSA) is 21.7 Å². The van der Waals surface area contributed by atoms with E-state index in [0.29, 0.717) is 0 Å². The molecule has 0 aliphatic rings. The number of nitrogens with zero attached hydrogens (tertiary/aromatic N) is 3. The zero-order valence-corrected chi connectivity index (χ0v) is 11.7. The zero-order valence-electron chi connectivity index (χ0n) is 11.7. The molecule has 0 saturated heterocycles. The van der Waals surface area contributed by atoms with Gasteiger partial charge in [0.25, 0.3) is 0 Å². The molecule has 3 nitrogen and oxygen atoms in total. The van der Waals surface area contributed by atoms with Crippen LogP contribution in [0.3, 0.4) is 0 Å². The summed E-state index contributed by atoms with van der Waals surface area (Å²) in [4.78, 5) is 0. The lowest BCUT2D eigenvalue weighted by molar-refractivity contribution is -0.665. The summed E-state index contributed by atoms with van der Waals surface area (Å²) in [7, 11) is 0. The van der Waals surface area contributed by atoms with Crippen LogP contribution < -0.4 is 4.68 Å². The lowest BCUT2D eigenvalue weighted by Gasteiger charge is -2.06. The number of aromatic nitrogens is 3. The van der Waals surface area contributed by atoms with Gasteiger partial charge in [0.15, 0.2) is 0 Å². The third-order valence-electron chi connectivity index (χ3n) is 3.16. The minimum atomic E-state index is 0.284. The lowest BCUT2D eigenvalue weighted by Crippen LogP contribution is -2.33. The van der Waals surface area contributed by atoms with Crippen LogP contribution in [-0.4, -0.2) is 9.90 Å². The summed E-state index contributed by atoms with van der Waals surface area (Å²) in [5.74, 6) is 0. The van der Waals surface area contributed by atoms with Crippen LogP contribution in [0.2, 0.25) is 0 Å². The summed E-state index contributed by atoms with van der Waals surface area (Å²) in [6, 6.07) is 20.6. The van der Waals surface area contributed by atoms with Gasteiger partial charge < -0.3 is 0 Å². The molecule has 0 aliphatic carbocycles. The van der Waals surface area contributed by atoms with Crippen molar-refractivity contribution < 1.29 is 4.68 Å². The molecule has 0 fully saturated rings. The molecule has 0 radical (unpaired) electrons. The Labute approximate surface area is 119 Å². The molecule has 0 saturated carbocycles. The molecule has 1 heterocycles. The summed E-state index contributed by atoms with van der Waals surface area (Å²) < 4.78 is 3.81. The summed E-state index contributed by atoms with van der Waals surface area (Å²) in [6.07, 6.45) is 3.36. The molecule has 3 heteroatoms. The first-order valence-corrected chi connectivity index (χ1v) is 6.81.